The van der Waals surface area contributed by atoms with Crippen LogP contribution in [0.5, 0.6) is 5.75 Å². The summed E-state index contributed by atoms with van der Waals surface area (Å²) in [4.78, 5) is 0. The monoisotopic (exact) mass is 451 g/mol. The summed E-state index contributed by atoms with van der Waals surface area (Å²) in [7, 11) is 0. The van der Waals surface area contributed by atoms with Crippen LogP contribution in [-0.2, 0) is 23.9 Å². The van der Waals surface area contributed by atoms with Gasteiger partial charge in [0.05, 0.1) is 12.2 Å². The largest absolute Gasteiger partial charge is 0.507 e. The SMILES string of the molecule is CCCCCC(CC)CNc1cc2c(nn1)-c1c(O)cc(C(F)(F)F)cc1COCCC2. The van der Waals surface area contributed by atoms with E-state index in [1.54, 1.807) is 0 Å². The average Bonchev–Trinajstić information content (AvgIpc) is 2.84. The van der Waals surface area contributed by atoms with Crippen molar-refractivity contribution in [3.8, 4) is 17.0 Å². The molecule has 2 heterocycles. The Labute approximate surface area is 187 Å². The minimum Gasteiger partial charge on any atom is -0.507 e. The van der Waals surface area contributed by atoms with Gasteiger partial charge in [-0.1, -0.05) is 39.5 Å². The number of alkyl halides is 3. The highest BCUT2D eigenvalue weighted by atomic mass is 19.4. The van der Waals surface area contributed by atoms with Crippen LogP contribution in [0.2, 0.25) is 0 Å². The molecule has 1 unspecified atom stereocenters. The molecule has 0 aliphatic carbocycles. The van der Waals surface area contributed by atoms with Crippen LogP contribution in [0.25, 0.3) is 11.3 Å². The first kappa shape index (κ1) is 24.3. The van der Waals surface area contributed by atoms with Crippen molar-refractivity contribution in [1.82, 2.24) is 10.2 Å². The van der Waals surface area contributed by atoms with E-state index in [0.29, 0.717) is 36.9 Å². The normalized spacial score (nSPS) is 15.2. The van der Waals surface area contributed by atoms with Gasteiger partial charge in [0, 0.05) is 18.7 Å². The van der Waals surface area contributed by atoms with Gasteiger partial charge in [-0.15, -0.1) is 10.2 Å². The number of aromatic hydroxyl groups is 1. The number of phenolic OH excluding ortho intramolecular Hbond substituents is 1. The molecule has 176 valence electrons. The topological polar surface area (TPSA) is 67.3 Å². The molecule has 1 atom stereocenters. The van der Waals surface area contributed by atoms with Crippen LogP contribution in [0, 0.1) is 5.92 Å². The molecule has 0 radical (unpaired) electrons. The molecule has 1 aromatic heterocycles. The number of aryl methyl sites for hydroxylation is 1. The summed E-state index contributed by atoms with van der Waals surface area (Å²) in [5, 5.41) is 22.5. The number of rotatable bonds is 8. The number of aromatic nitrogens is 2. The van der Waals surface area contributed by atoms with Gasteiger partial charge in [-0.05, 0) is 54.5 Å². The van der Waals surface area contributed by atoms with E-state index in [1.807, 2.05) is 6.07 Å². The first-order chi connectivity index (χ1) is 15.3. The number of phenols is 1. The summed E-state index contributed by atoms with van der Waals surface area (Å²) in [6, 6.07) is 3.67. The van der Waals surface area contributed by atoms with Crippen LogP contribution in [0.4, 0.5) is 19.0 Å². The second-order valence-corrected chi connectivity index (χ2v) is 8.44. The third-order valence-electron chi connectivity index (χ3n) is 5.99. The molecule has 1 aliphatic heterocycles. The fraction of sp³-hybridized carbons (Fsp3) is 0.583. The standard InChI is InChI=1S/C24H32F3N3O2/c1-3-5-6-8-16(4-2)14-28-21-12-17-9-7-10-32-15-18-11-19(24(25,26)27)13-20(31)22(18)23(17)30-29-21/h11-13,16,31H,3-10,14-15H2,1-2H3,(H,28,29). The van der Waals surface area contributed by atoms with Crippen molar-refractivity contribution in [3.05, 3.63) is 34.9 Å². The number of fused-ring (bicyclic) bond motifs is 3. The summed E-state index contributed by atoms with van der Waals surface area (Å²) >= 11 is 0. The number of ether oxygens (including phenoxy) is 1. The first-order valence-electron chi connectivity index (χ1n) is 11.4. The predicted molar refractivity (Wildman–Crippen MR) is 119 cm³/mol. The van der Waals surface area contributed by atoms with E-state index in [2.05, 4.69) is 29.4 Å². The van der Waals surface area contributed by atoms with Gasteiger partial charge in [-0.2, -0.15) is 13.2 Å². The lowest BCUT2D eigenvalue weighted by Crippen LogP contribution is -2.15. The van der Waals surface area contributed by atoms with E-state index in [4.69, 9.17) is 4.74 Å². The van der Waals surface area contributed by atoms with Gasteiger partial charge in [0.25, 0.3) is 0 Å². The van der Waals surface area contributed by atoms with Crippen LogP contribution in [0.1, 0.15) is 69.1 Å². The summed E-state index contributed by atoms with van der Waals surface area (Å²) in [5.41, 5.74) is 0.871. The molecule has 32 heavy (non-hydrogen) atoms. The first-order valence-corrected chi connectivity index (χ1v) is 11.4. The molecular formula is C24H32F3N3O2. The molecule has 0 saturated carbocycles. The summed E-state index contributed by atoms with van der Waals surface area (Å²) in [6.45, 7) is 5.57. The van der Waals surface area contributed by atoms with Gasteiger partial charge < -0.3 is 15.2 Å². The molecule has 0 fully saturated rings. The number of nitrogens with one attached hydrogen (secondary N) is 1. The van der Waals surface area contributed by atoms with Crippen LogP contribution in [0.15, 0.2) is 18.2 Å². The highest BCUT2D eigenvalue weighted by molar-refractivity contribution is 5.74. The molecular weight excluding hydrogens is 419 g/mol. The number of hydrogen-bond acceptors (Lipinski definition) is 5. The van der Waals surface area contributed by atoms with E-state index in [1.165, 1.54) is 19.3 Å². The highest BCUT2D eigenvalue weighted by Crippen LogP contribution is 2.40. The van der Waals surface area contributed by atoms with E-state index < -0.39 is 17.5 Å². The van der Waals surface area contributed by atoms with Crippen LogP contribution < -0.4 is 5.32 Å². The molecule has 1 aliphatic rings. The number of nitrogens with zero attached hydrogens (tertiary/aromatic N) is 2. The molecule has 2 aromatic rings. The van der Waals surface area contributed by atoms with Crippen molar-refractivity contribution in [1.29, 1.82) is 0 Å². The Morgan fingerprint density at radius 3 is 2.66 bits per heavy atom. The second-order valence-electron chi connectivity index (χ2n) is 8.44. The summed E-state index contributed by atoms with van der Waals surface area (Å²) in [6.07, 6.45) is 2.66. The van der Waals surface area contributed by atoms with Gasteiger partial charge >= 0.3 is 6.18 Å². The number of unbranched alkanes of at least 4 members (excludes halogenated alkanes) is 2. The lowest BCUT2D eigenvalue weighted by molar-refractivity contribution is -0.137. The number of anilines is 1. The van der Waals surface area contributed by atoms with Gasteiger partial charge in [0.15, 0.2) is 0 Å². The molecule has 2 N–H and O–H groups in total. The van der Waals surface area contributed by atoms with Crippen molar-refractivity contribution in [2.24, 2.45) is 5.92 Å². The van der Waals surface area contributed by atoms with Crippen molar-refractivity contribution >= 4 is 5.82 Å². The Kier molecular flexibility index (Phi) is 8.34. The Balaban J connectivity index is 1.88. The zero-order valence-electron chi connectivity index (χ0n) is 18.8. The quantitative estimate of drug-likeness (QED) is 0.458. The Bertz CT molecular complexity index is 903. The molecule has 0 saturated heterocycles. The van der Waals surface area contributed by atoms with Crippen molar-refractivity contribution in [2.45, 2.75) is 71.6 Å². The van der Waals surface area contributed by atoms with Crippen molar-refractivity contribution in [2.75, 3.05) is 18.5 Å². The minimum atomic E-state index is -4.56. The van der Waals surface area contributed by atoms with Crippen LogP contribution in [0.3, 0.4) is 0 Å². The predicted octanol–water partition coefficient (Wildman–Crippen LogP) is 6.35. The van der Waals surface area contributed by atoms with Gasteiger partial charge in [0.2, 0.25) is 0 Å². The number of hydrogen-bond donors (Lipinski definition) is 2. The lowest BCUT2D eigenvalue weighted by Gasteiger charge is -2.18. The maximum atomic E-state index is 13.2. The molecule has 8 heteroatoms. The fourth-order valence-electron chi connectivity index (χ4n) is 4.08. The molecule has 3 rings (SSSR count). The highest BCUT2D eigenvalue weighted by Gasteiger charge is 2.33. The lowest BCUT2D eigenvalue weighted by atomic mass is 9.96. The number of benzene rings is 1. The van der Waals surface area contributed by atoms with Crippen LogP contribution in [-0.4, -0.2) is 28.5 Å². The van der Waals surface area contributed by atoms with E-state index in [9.17, 15) is 18.3 Å². The molecule has 0 amide bonds. The smallest absolute Gasteiger partial charge is 0.416 e. The zero-order valence-corrected chi connectivity index (χ0v) is 18.8. The maximum Gasteiger partial charge on any atom is 0.416 e. The van der Waals surface area contributed by atoms with Crippen molar-refractivity contribution in [3.63, 3.8) is 0 Å². The zero-order chi connectivity index (χ0) is 23.1. The molecule has 0 spiro atoms. The van der Waals surface area contributed by atoms with E-state index >= 15 is 0 Å². The molecule has 1 aromatic carbocycles. The van der Waals surface area contributed by atoms with Gasteiger partial charge in [-0.3, -0.25) is 0 Å². The third kappa shape index (κ3) is 6.12. The van der Waals surface area contributed by atoms with Gasteiger partial charge in [-0.25, -0.2) is 0 Å². The minimum absolute atomic E-state index is 0.0239. The van der Waals surface area contributed by atoms with E-state index in [0.717, 1.165) is 37.1 Å². The van der Waals surface area contributed by atoms with E-state index in [-0.39, 0.29) is 17.7 Å². The Hall–Kier alpha value is -2.35. The van der Waals surface area contributed by atoms with Crippen LogP contribution >= 0.6 is 0 Å². The summed E-state index contributed by atoms with van der Waals surface area (Å²) < 4.78 is 45.3. The summed E-state index contributed by atoms with van der Waals surface area (Å²) in [5.74, 6) is 0.733. The second kappa shape index (κ2) is 11.0. The van der Waals surface area contributed by atoms with Crippen molar-refractivity contribution < 1.29 is 23.0 Å². The average molecular weight is 452 g/mol. The third-order valence-corrected chi connectivity index (χ3v) is 5.99. The fourth-order valence-corrected chi connectivity index (χ4v) is 4.08. The Morgan fingerprint density at radius 1 is 1.12 bits per heavy atom. The molecule has 5 nitrogen and oxygen atoms in total. The maximum absolute atomic E-state index is 13.2. The molecule has 0 bridgehead atoms. The number of halogens is 3. The van der Waals surface area contributed by atoms with Gasteiger partial charge in [0.1, 0.15) is 17.3 Å². The Morgan fingerprint density at radius 2 is 1.94 bits per heavy atom.